The lowest BCUT2D eigenvalue weighted by Crippen LogP contribution is -2.19. The first kappa shape index (κ1) is 12.0. The summed E-state index contributed by atoms with van der Waals surface area (Å²) in [4.78, 5) is 0. The summed E-state index contributed by atoms with van der Waals surface area (Å²) < 4.78 is 7.89. The van der Waals surface area contributed by atoms with Gasteiger partial charge < -0.3 is 15.0 Å². The molecule has 0 saturated carbocycles. The summed E-state index contributed by atoms with van der Waals surface area (Å²) in [6, 6.07) is 7.43. The number of anilines is 1. The molecule has 5 heteroatoms. The molecular formula is C14H18N4O. The van der Waals surface area contributed by atoms with Crippen LogP contribution in [0.5, 0.6) is 5.75 Å². The van der Waals surface area contributed by atoms with E-state index in [1.165, 1.54) is 6.42 Å². The number of rotatable bonds is 3. The highest BCUT2D eigenvalue weighted by Gasteiger charge is 2.20. The minimum absolute atomic E-state index is 0.435. The number of nitrogens with zero attached hydrogens (tertiary/aromatic N) is 3. The molecule has 3 rings (SSSR count). The SMILES string of the molecule is CC1CCn2c(COc3cccc(N)c3)nnc2C1. The number of nitrogen functional groups attached to an aromatic ring is 1. The molecule has 0 amide bonds. The fourth-order valence-corrected chi connectivity index (χ4v) is 2.40. The van der Waals surface area contributed by atoms with Gasteiger partial charge in [-0.25, -0.2) is 0 Å². The Hall–Kier alpha value is -2.04. The van der Waals surface area contributed by atoms with Crippen LogP contribution in [-0.4, -0.2) is 14.8 Å². The van der Waals surface area contributed by atoms with Crippen LogP contribution in [-0.2, 0) is 19.6 Å². The highest BCUT2D eigenvalue weighted by molar-refractivity contribution is 5.43. The number of fused-ring (bicyclic) bond motifs is 1. The van der Waals surface area contributed by atoms with E-state index in [1.54, 1.807) is 0 Å². The molecule has 0 saturated heterocycles. The van der Waals surface area contributed by atoms with Crippen LogP contribution in [0.25, 0.3) is 0 Å². The van der Waals surface area contributed by atoms with Gasteiger partial charge in [-0.1, -0.05) is 13.0 Å². The second kappa shape index (κ2) is 4.91. The van der Waals surface area contributed by atoms with Gasteiger partial charge in [-0.15, -0.1) is 10.2 Å². The number of ether oxygens (including phenoxy) is 1. The Kier molecular flexibility index (Phi) is 3.11. The largest absolute Gasteiger partial charge is 0.486 e. The van der Waals surface area contributed by atoms with Gasteiger partial charge in [0.25, 0.3) is 0 Å². The van der Waals surface area contributed by atoms with Crippen molar-refractivity contribution >= 4 is 5.69 Å². The van der Waals surface area contributed by atoms with E-state index in [4.69, 9.17) is 10.5 Å². The maximum atomic E-state index is 5.72. The normalized spacial score (nSPS) is 18.1. The standard InChI is InChI=1S/C14H18N4O/c1-10-5-6-18-13(7-10)16-17-14(18)9-19-12-4-2-3-11(15)8-12/h2-4,8,10H,5-7,9,15H2,1H3. The van der Waals surface area contributed by atoms with E-state index >= 15 is 0 Å². The minimum atomic E-state index is 0.435. The zero-order valence-corrected chi connectivity index (χ0v) is 11.0. The molecule has 0 aliphatic carbocycles. The molecule has 1 aromatic heterocycles. The van der Waals surface area contributed by atoms with E-state index in [0.717, 1.165) is 30.4 Å². The second-order valence-electron chi connectivity index (χ2n) is 5.14. The van der Waals surface area contributed by atoms with Crippen molar-refractivity contribution in [3.05, 3.63) is 35.9 Å². The van der Waals surface area contributed by atoms with Gasteiger partial charge in [0.05, 0.1) is 0 Å². The first-order chi connectivity index (χ1) is 9.22. The molecule has 2 heterocycles. The first-order valence-corrected chi connectivity index (χ1v) is 6.61. The highest BCUT2D eigenvalue weighted by atomic mass is 16.5. The molecule has 0 spiro atoms. The number of nitrogens with two attached hydrogens (primary N) is 1. The maximum absolute atomic E-state index is 5.72. The molecule has 1 unspecified atom stereocenters. The van der Waals surface area contributed by atoms with Gasteiger partial charge in [-0.05, 0) is 24.5 Å². The summed E-state index contributed by atoms with van der Waals surface area (Å²) in [6.45, 7) is 3.67. The lowest BCUT2D eigenvalue weighted by Gasteiger charge is -2.20. The van der Waals surface area contributed by atoms with E-state index < -0.39 is 0 Å². The molecule has 0 bridgehead atoms. The van der Waals surface area contributed by atoms with Crippen LogP contribution in [0.15, 0.2) is 24.3 Å². The zero-order chi connectivity index (χ0) is 13.2. The third-order valence-corrected chi connectivity index (χ3v) is 3.51. The molecule has 2 aromatic rings. The van der Waals surface area contributed by atoms with Crippen molar-refractivity contribution in [1.82, 2.24) is 14.8 Å². The molecule has 100 valence electrons. The van der Waals surface area contributed by atoms with Crippen molar-refractivity contribution in [2.45, 2.75) is 32.9 Å². The Balaban J connectivity index is 1.71. The monoisotopic (exact) mass is 258 g/mol. The molecule has 1 aliphatic rings. The Bertz CT molecular complexity index is 579. The highest BCUT2D eigenvalue weighted by Crippen LogP contribution is 2.21. The van der Waals surface area contributed by atoms with Crippen LogP contribution in [0.1, 0.15) is 25.0 Å². The van der Waals surface area contributed by atoms with Crippen LogP contribution >= 0.6 is 0 Å². The van der Waals surface area contributed by atoms with Crippen LogP contribution in [0.4, 0.5) is 5.69 Å². The summed E-state index contributed by atoms with van der Waals surface area (Å²) in [5.74, 6) is 3.43. The third kappa shape index (κ3) is 2.54. The van der Waals surface area contributed by atoms with Gasteiger partial charge in [0.15, 0.2) is 5.82 Å². The molecule has 1 aliphatic heterocycles. The molecule has 1 aromatic carbocycles. The van der Waals surface area contributed by atoms with Crippen molar-refractivity contribution in [2.24, 2.45) is 5.92 Å². The summed E-state index contributed by atoms with van der Waals surface area (Å²) in [5.41, 5.74) is 6.42. The van der Waals surface area contributed by atoms with Gasteiger partial charge >= 0.3 is 0 Å². The van der Waals surface area contributed by atoms with E-state index in [-0.39, 0.29) is 0 Å². The average Bonchev–Trinajstić information content (AvgIpc) is 2.78. The predicted molar refractivity (Wildman–Crippen MR) is 72.7 cm³/mol. The fourth-order valence-electron chi connectivity index (χ4n) is 2.40. The van der Waals surface area contributed by atoms with Crippen LogP contribution in [0.2, 0.25) is 0 Å². The molecule has 2 N–H and O–H groups in total. The molecule has 0 radical (unpaired) electrons. The smallest absolute Gasteiger partial charge is 0.171 e. The summed E-state index contributed by atoms with van der Waals surface area (Å²) in [6.07, 6.45) is 2.18. The third-order valence-electron chi connectivity index (χ3n) is 3.51. The molecular weight excluding hydrogens is 240 g/mol. The first-order valence-electron chi connectivity index (χ1n) is 6.61. The van der Waals surface area contributed by atoms with Gasteiger partial charge in [0, 0.05) is 24.7 Å². The minimum Gasteiger partial charge on any atom is -0.486 e. The summed E-state index contributed by atoms with van der Waals surface area (Å²) >= 11 is 0. The molecule has 0 fully saturated rings. The van der Waals surface area contributed by atoms with E-state index in [1.807, 2.05) is 24.3 Å². The lowest BCUT2D eigenvalue weighted by molar-refractivity contribution is 0.282. The van der Waals surface area contributed by atoms with Crippen LogP contribution < -0.4 is 10.5 Å². The van der Waals surface area contributed by atoms with Crippen LogP contribution in [0.3, 0.4) is 0 Å². The van der Waals surface area contributed by atoms with Crippen molar-refractivity contribution in [3.63, 3.8) is 0 Å². The summed E-state index contributed by atoms with van der Waals surface area (Å²) in [5, 5.41) is 8.47. The number of aromatic nitrogens is 3. The quantitative estimate of drug-likeness (QED) is 0.855. The van der Waals surface area contributed by atoms with E-state index in [0.29, 0.717) is 18.2 Å². The van der Waals surface area contributed by atoms with Gasteiger partial charge in [0.2, 0.25) is 0 Å². The Morgan fingerprint density at radius 3 is 3.16 bits per heavy atom. The van der Waals surface area contributed by atoms with Crippen LogP contribution in [0, 0.1) is 5.92 Å². The second-order valence-corrected chi connectivity index (χ2v) is 5.14. The maximum Gasteiger partial charge on any atom is 0.171 e. The molecule has 19 heavy (non-hydrogen) atoms. The van der Waals surface area contributed by atoms with Crippen molar-refractivity contribution in [3.8, 4) is 5.75 Å². The summed E-state index contributed by atoms with van der Waals surface area (Å²) in [7, 11) is 0. The van der Waals surface area contributed by atoms with E-state index in [2.05, 4.69) is 21.7 Å². The van der Waals surface area contributed by atoms with Crippen molar-refractivity contribution in [2.75, 3.05) is 5.73 Å². The van der Waals surface area contributed by atoms with E-state index in [9.17, 15) is 0 Å². The number of hydrogen-bond donors (Lipinski definition) is 1. The fraction of sp³-hybridized carbons (Fsp3) is 0.429. The molecule has 1 atom stereocenters. The number of benzene rings is 1. The lowest BCUT2D eigenvalue weighted by atomic mass is 10.0. The van der Waals surface area contributed by atoms with Gasteiger partial charge in [0.1, 0.15) is 18.2 Å². The Morgan fingerprint density at radius 1 is 1.42 bits per heavy atom. The predicted octanol–water partition coefficient (Wildman–Crippen LogP) is 2.02. The Labute approximate surface area is 112 Å². The van der Waals surface area contributed by atoms with Gasteiger partial charge in [-0.3, -0.25) is 0 Å². The number of hydrogen-bond acceptors (Lipinski definition) is 4. The average molecular weight is 258 g/mol. The van der Waals surface area contributed by atoms with Crippen molar-refractivity contribution < 1.29 is 4.74 Å². The zero-order valence-electron chi connectivity index (χ0n) is 11.0. The Morgan fingerprint density at radius 2 is 2.32 bits per heavy atom. The molecule has 5 nitrogen and oxygen atoms in total. The topological polar surface area (TPSA) is 66.0 Å². The van der Waals surface area contributed by atoms with Crippen molar-refractivity contribution in [1.29, 1.82) is 0 Å². The van der Waals surface area contributed by atoms with Gasteiger partial charge in [-0.2, -0.15) is 0 Å².